The maximum absolute atomic E-state index is 15.3. The van der Waals surface area contributed by atoms with Crippen LogP contribution in [0.4, 0.5) is 21.6 Å². The van der Waals surface area contributed by atoms with Gasteiger partial charge in [-0.15, -0.1) is 5.10 Å². The highest BCUT2D eigenvalue weighted by molar-refractivity contribution is 5.95. The molecule has 12 heteroatoms. The molecule has 0 aliphatic carbocycles. The molecular weight excluding hydrogens is 563 g/mol. The summed E-state index contributed by atoms with van der Waals surface area (Å²) in [4.78, 5) is 27.0. The van der Waals surface area contributed by atoms with E-state index in [0.29, 0.717) is 47.2 Å². The number of hydrogen-bond acceptors (Lipinski definition) is 9. The first kappa shape index (κ1) is 28.6. The van der Waals surface area contributed by atoms with Crippen molar-refractivity contribution in [3.05, 3.63) is 91.4 Å². The van der Waals surface area contributed by atoms with Crippen LogP contribution in [0.3, 0.4) is 0 Å². The first-order chi connectivity index (χ1) is 21.4. The number of amides is 1. The van der Waals surface area contributed by atoms with Crippen molar-refractivity contribution < 1.29 is 18.7 Å². The lowest BCUT2D eigenvalue weighted by Gasteiger charge is -2.33. The summed E-state index contributed by atoms with van der Waals surface area (Å²) in [5.41, 5.74) is 3.25. The predicted molar refractivity (Wildman–Crippen MR) is 165 cm³/mol. The Morgan fingerprint density at radius 3 is 2.77 bits per heavy atom. The minimum atomic E-state index is -0.530. The topological polar surface area (TPSA) is 119 Å². The zero-order valence-electron chi connectivity index (χ0n) is 24.3. The third-order valence-electron chi connectivity index (χ3n) is 7.36. The molecular formula is C32H31FN8O3. The van der Waals surface area contributed by atoms with E-state index in [2.05, 4.69) is 37.3 Å². The van der Waals surface area contributed by atoms with Crippen LogP contribution in [0.5, 0.6) is 17.4 Å². The molecule has 1 fully saturated rings. The minimum Gasteiger partial charge on any atom is -0.495 e. The number of anilines is 3. The number of piperidine rings is 1. The number of aromatic nitrogens is 5. The van der Waals surface area contributed by atoms with Gasteiger partial charge in [0.05, 0.1) is 35.9 Å². The summed E-state index contributed by atoms with van der Waals surface area (Å²) in [6.07, 6.45) is 7.97. The molecule has 1 atom stereocenters. The van der Waals surface area contributed by atoms with Crippen LogP contribution in [0, 0.1) is 12.7 Å². The normalized spacial score (nSPS) is 14.7. The summed E-state index contributed by atoms with van der Waals surface area (Å²) >= 11 is 0. The van der Waals surface area contributed by atoms with Gasteiger partial charge in [0.1, 0.15) is 29.5 Å². The van der Waals surface area contributed by atoms with Crippen LogP contribution in [-0.4, -0.2) is 61.8 Å². The molecule has 44 heavy (non-hydrogen) atoms. The highest BCUT2D eigenvalue weighted by Gasteiger charge is 2.23. The molecule has 1 unspecified atom stereocenters. The summed E-state index contributed by atoms with van der Waals surface area (Å²) in [5.74, 6) is 1.01. The lowest BCUT2D eigenvalue weighted by atomic mass is 10.0. The quantitative estimate of drug-likeness (QED) is 0.204. The second kappa shape index (κ2) is 12.4. The number of pyridine rings is 1. The number of carbonyl (C=O) groups is 1. The number of fused-ring (bicyclic) bond motifs is 1. The van der Waals surface area contributed by atoms with Crippen LogP contribution in [0.15, 0.2) is 79.9 Å². The zero-order valence-corrected chi connectivity index (χ0v) is 24.3. The molecule has 1 aliphatic heterocycles. The molecule has 1 amide bonds. The highest BCUT2D eigenvalue weighted by Crippen LogP contribution is 2.35. The number of nitrogens with zero attached hydrogens (tertiary/aromatic N) is 6. The fraction of sp³-hybridized carbons (Fsp3) is 0.219. The minimum absolute atomic E-state index is 0.0185. The Hall–Kier alpha value is -5.52. The van der Waals surface area contributed by atoms with E-state index in [1.54, 1.807) is 53.4 Å². The van der Waals surface area contributed by atoms with Gasteiger partial charge >= 0.3 is 0 Å². The summed E-state index contributed by atoms with van der Waals surface area (Å²) in [5, 5.41) is 11.7. The summed E-state index contributed by atoms with van der Waals surface area (Å²) < 4.78 is 28.4. The maximum Gasteiger partial charge on any atom is 0.246 e. The summed E-state index contributed by atoms with van der Waals surface area (Å²) in [6, 6.07) is 13.7. The van der Waals surface area contributed by atoms with Crippen molar-refractivity contribution in [1.29, 1.82) is 0 Å². The number of carbonyl (C=O) groups excluding carboxylic acids is 1. The Morgan fingerprint density at radius 2 is 2.00 bits per heavy atom. The van der Waals surface area contributed by atoms with Crippen LogP contribution in [0.2, 0.25) is 0 Å². The molecule has 11 nitrogen and oxygen atoms in total. The second-order valence-corrected chi connectivity index (χ2v) is 10.4. The van der Waals surface area contributed by atoms with Gasteiger partial charge in [-0.05, 0) is 56.2 Å². The third-order valence-corrected chi connectivity index (χ3v) is 7.36. The van der Waals surface area contributed by atoms with E-state index < -0.39 is 5.82 Å². The number of ether oxygens (including phenoxy) is 2. The Morgan fingerprint density at radius 1 is 1.11 bits per heavy atom. The lowest BCUT2D eigenvalue weighted by Crippen LogP contribution is -2.44. The van der Waals surface area contributed by atoms with Crippen molar-refractivity contribution in [2.24, 2.45) is 0 Å². The number of benzene rings is 2. The van der Waals surface area contributed by atoms with Crippen LogP contribution in [0.1, 0.15) is 18.5 Å². The Balaban J connectivity index is 1.20. The van der Waals surface area contributed by atoms with Gasteiger partial charge in [-0.25, -0.2) is 19.0 Å². The van der Waals surface area contributed by atoms with Gasteiger partial charge < -0.3 is 25.0 Å². The lowest BCUT2D eigenvalue weighted by molar-refractivity contribution is -0.127. The average Bonchev–Trinajstić information content (AvgIpc) is 3.50. The highest BCUT2D eigenvalue weighted by atomic mass is 19.1. The number of methoxy groups -OCH3 is 1. The van der Waals surface area contributed by atoms with E-state index in [4.69, 9.17) is 9.47 Å². The number of likely N-dealkylation sites (tertiary alicyclic amines) is 1. The van der Waals surface area contributed by atoms with E-state index in [-0.39, 0.29) is 17.6 Å². The number of aryl methyl sites for hydroxylation is 1. The van der Waals surface area contributed by atoms with Crippen molar-refractivity contribution in [3.63, 3.8) is 0 Å². The number of nitrogens with one attached hydrogen (secondary N) is 2. The van der Waals surface area contributed by atoms with E-state index in [0.717, 1.165) is 29.9 Å². The zero-order chi connectivity index (χ0) is 30.6. The van der Waals surface area contributed by atoms with Crippen molar-refractivity contribution in [2.75, 3.05) is 30.8 Å². The van der Waals surface area contributed by atoms with Gasteiger partial charge in [0.2, 0.25) is 11.8 Å². The maximum atomic E-state index is 15.3. The van der Waals surface area contributed by atoms with E-state index in [1.807, 2.05) is 25.1 Å². The molecule has 6 rings (SSSR count). The van der Waals surface area contributed by atoms with Crippen LogP contribution in [0.25, 0.3) is 16.6 Å². The van der Waals surface area contributed by atoms with Crippen molar-refractivity contribution >= 4 is 34.0 Å². The van der Waals surface area contributed by atoms with Gasteiger partial charge in [0.15, 0.2) is 0 Å². The first-order valence-electron chi connectivity index (χ1n) is 14.1. The molecule has 224 valence electrons. The molecule has 5 aromatic rings. The predicted octanol–water partition coefficient (Wildman–Crippen LogP) is 5.79. The Bertz CT molecular complexity index is 1820. The van der Waals surface area contributed by atoms with E-state index in [9.17, 15) is 4.79 Å². The van der Waals surface area contributed by atoms with Gasteiger partial charge in [-0.2, -0.15) is 0 Å². The van der Waals surface area contributed by atoms with Gasteiger partial charge in [0.25, 0.3) is 0 Å². The SMILES string of the molecule is C=CC(=O)N1CCCC(Nc2cc3c(Nc4ccc(Oc5ccn(-c6ccc(C)nc6)n5)cc4F)ncnc3cc2OC)C1. The van der Waals surface area contributed by atoms with Gasteiger partial charge in [0, 0.05) is 54.6 Å². The average molecular weight is 595 g/mol. The summed E-state index contributed by atoms with van der Waals surface area (Å²) in [6.45, 7) is 6.76. The smallest absolute Gasteiger partial charge is 0.246 e. The molecule has 2 N–H and O–H groups in total. The van der Waals surface area contributed by atoms with Crippen LogP contribution >= 0.6 is 0 Å². The Kier molecular flexibility index (Phi) is 8.04. The van der Waals surface area contributed by atoms with Gasteiger partial charge in [-0.1, -0.05) is 6.58 Å². The molecule has 0 radical (unpaired) electrons. The monoisotopic (exact) mass is 594 g/mol. The Labute approximate surface area is 253 Å². The molecule has 4 heterocycles. The number of rotatable bonds is 9. The standard InChI is InChI=1S/C32H31FN8O3/c1-4-31(42)40-12-5-6-21(18-40)37-28-15-24-27(16-29(28)43-3)35-19-36-32(24)38-26-10-9-23(14-25(26)33)44-30-11-13-41(39-30)22-8-7-20(2)34-17-22/h4,7-11,13-17,19,21,37H,1,5-6,12,18H2,2-3H3,(H,35,36,38). The first-order valence-corrected chi connectivity index (χ1v) is 14.1. The van der Waals surface area contributed by atoms with E-state index in [1.165, 1.54) is 18.5 Å². The largest absolute Gasteiger partial charge is 0.495 e. The van der Waals surface area contributed by atoms with Crippen molar-refractivity contribution in [1.82, 2.24) is 29.6 Å². The van der Waals surface area contributed by atoms with Crippen molar-refractivity contribution in [3.8, 4) is 23.1 Å². The van der Waals surface area contributed by atoms with Crippen LogP contribution in [-0.2, 0) is 4.79 Å². The van der Waals surface area contributed by atoms with Gasteiger partial charge in [-0.3, -0.25) is 9.78 Å². The molecule has 0 bridgehead atoms. The summed E-state index contributed by atoms with van der Waals surface area (Å²) in [7, 11) is 1.59. The van der Waals surface area contributed by atoms with E-state index >= 15 is 4.39 Å². The molecule has 2 aromatic carbocycles. The third kappa shape index (κ3) is 6.14. The number of halogens is 1. The second-order valence-electron chi connectivity index (χ2n) is 10.4. The van der Waals surface area contributed by atoms with Crippen LogP contribution < -0.4 is 20.1 Å². The molecule has 1 aliphatic rings. The molecule has 0 saturated carbocycles. The molecule has 1 saturated heterocycles. The molecule has 0 spiro atoms. The molecule has 3 aromatic heterocycles. The number of hydrogen-bond donors (Lipinski definition) is 2. The fourth-order valence-corrected chi connectivity index (χ4v) is 5.12. The van der Waals surface area contributed by atoms with Crippen molar-refractivity contribution in [2.45, 2.75) is 25.8 Å². The fourth-order valence-electron chi connectivity index (χ4n) is 5.12.